The molecule has 0 spiro atoms. The first-order valence-corrected chi connectivity index (χ1v) is 7.98. The number of nitrogens with one attached hydrogen (secondary N) is 3. The maximum Gasteiger partial charge on any atom is 0.209 e. The molecule has 0 saturated heterocycles. The SMILES string of the molecule is CN=C(NCC(C)(C)NS(C)(=O)=O)NC1CC1C. The molecule has 1 saturated carbocycles. The standard InChI is InChI=1S/C11H24N4O2S/c1-8-6-9(8)14-10(12-4)13-7-11(2,3)15-18(5,16)17/h8-9,15H,6-7H2,1-5H3,(H2,12,13,14). The summed E-state index contributed by atoms with van der Waals surface area (Å²) < 4.78 is 25.0. The lowest BCUT2D eigenvalue weighted by atomic mass is 10.1. The van der Waals surface area contributed by atoms with Crippen LogP contribution >= 0.6 is 0 Å². The first kappa shape index (κ1) is 15.2. The van der Waals surface area contributed by atoms with Gasteiger partial charge in [0.05, 0.1) is 6.26 Å². The molecule has 6 nitrogen and oxygen atoms in total. The van der Waals surface area contributed by atoms with Gasteiger partial charge in [0.1, 0.15) is 0 Å². The number of guanidine groups is 1. The highest BCUT2D eigenvalue weighted by atomic mass is 32.2. The van der Waals surface area contributed by atoms with Crippen LogP contribution in [0, 0.1) is 5.92 Å². The minimum Gasteiger partial charge on any atom is -0.355 e. The third-order valence-electron chi connectivity index (χ3n) is 2.81. The molecule has 0 aromatic heterocycles. The normalized spacial score (nSPS) is 24.8. The van der Waals surface area contributed by atoms with E-state index < -0.39 is 15.6 Å². The Kier molecular flexibility index (Phi) is 4.61. The monoisotopic (exact) mass is 276 g/mol. The Balaban J connectivity index is 2.42. The number of sulfonamides is 1. The van der Waals surface area contributed by atoms with Crippen molar-refractivity contribution in [2.45, 2.75) is 38.8 Å². The van der Waals surface area contributed by atoms with Gasteiger partial charge in [0.25, 0.3) is 0 Å². The van der Waals surface area contributed by atoms with Crippen molar-refractivity contribution in [2.75, 3.05) is 19.8 Å². The molecule has 1 aliphatic carbocycles. The van der Waals surface area contributed by atoms with E-state index in [1.54, 1.807) is 7.05 Å². The molecule has 0 aromatic carbocycles. The van der Waals surface area contributed by atoms with Gasteiger partial charge in [-0.15, -0.1) is 0 Å². The molecular formula is C11H24N4O2S. The van der Waals surface area contributed by atoms with Crippen LogP contribution < -0.4 is 15.4 Å². The molecule has 106 valence electrons. The fourth-order valence-electron chi connectivity index (χ4n) is 1.74. The third kappa shape index (κ3) is 5.68. The summed E-state index contributed by atoms with van der Waals surface area (Å²) in [7, 11) is -1.50. The zero-order valence-corrected chi connectivity index (χ0v) is 12.6. The van der Waals surface area contributed by atoms with Crippen molar-refractivity contribution >= 4 is 16.0 Å². The number of aliphatic imine (C=N–C) groups is 1. The summed E-state index contributed by atoms with van der Waals surface area (Å²) >= 11 is 0. The van der Waals surface area contributed by atoms with Crippen molar-refractivity contribution in [3.05, 3.63) is 0 Å². The van der Waals surface area contributed by atoms with Crippen LogP contribution in [0.25, 0.3) is 0 Å². The second-order valence-electron chi connectivity index (χ2n) is 5.65. The van der Waals surface area contributed by atoms with Crippen LogP contribution in [-0.2, 0) is 10.0 Å². The Bertz CT molecular complexity index is 417. The molecule has 0 aromatic rings. The van der Waals surface area contributed by atoms with Gasteiger partial charge >= 0.3 is 0 Å². The van der Waals surface area contributed by atoms with Gasteiger partial charge in [0.15, 0.2) is 5.96 Å². The van der Waals surface area contributed by atoms with Crippen LogP contribution in [0.3, 0.4) is 0 Å². The summed E-state index contributed by atoms with van der Waals surface area (Å²) in [6.45, 7) is 6.31. The van der Waals surface area contributed by atoms with E-state index in [0.29, 0.717) is 24.5 Å². The predicted octanol–water partition coefficient (Wildman–Crippen LogP) is -0.112. The molecule has 1 fully saturated rings. The molecule has 1 aliphatic rings. The fourth-order valence-corrected chi connectivity index (χ4v) is 2.81. The molecule has 0 aliphatic heterocycles. The highest BCUT2D eigenvalue weighted by Gasteiger charge is 2.33. The Morgan fingerprint density at radius 3 is 2.39 bits per heavy atom. The van der Waals surface area contributed by atoms with Crippen LogP contribution in [0.2, 0.25) is 0 Å². The van der Waals surface area contributed by atoms with Crippen LogP contribution in [-0.4, -0.2) is 45.8 Å². The van der Waals surface area contributed by atoms with Crippen LogP contribution in [0.1, 0.15) is 27.2 Å². The largest absolute Gasteiger partial charge is 0.355 e. The molecule has 2 atom stereocenters. The summed E-state index contributed by atoms with van der Waals surface area (Å²) in [5.41, 5.74) is -0.555. The average Bonchev–Trinajstić information content (AvgIpc) is 2.85. The van der Waals surface area contributed by atoms with Gasteiger partial charge < -0.3 is 10.6 Å². The van der Waals surface area contributed by atoms with Gasteiger partial charge in [-0.25, -0.2) is 13.1 Å². The van der Waals surface area contributed by atoms with E-state index in [2.05, 4.69) is 27.3 Å². The first-order valence-electron chi connectivity index (χ1n) is 6.09. The fraction of sp³-hybridized carbons (Fsp3) is 0.909. The molecule has 0 bridgehead atoms. The van der Waals surface area contributed by atoms with E-state index in [1.807, 2.05) is 13.8 Å². The second-order valence-corrected chi connectivity index (χ2v) is 7.40. The maximum atomic E-state index is 11.2. The smallest absolute Gasteiger partial charge is 0.209 e. The van der Waals surface area contributed by atoms with Crippen molar-refractivity contribution in [1.82, 2.24) is 15.4 Å². The summed E-state index contributed by atoms with van der Waals surface area (Å²) in [6.07, 6.45) is 2.32. The van der Waals surface area contributed by atoms with Gasteiger partial charge in [0, 0.05) is 25.2 Å². The Morgan fingerprint density at radius 2 is 2.00 bits per heavy atom. The highest BCUT2D eigenvalue weighted by molar-refractivity contribution is 7.88. The first-order chi connectivity index (χ1) is 8.13. The van der Waals surface area contributed by atoms with E-state index in [9.17, 15) is 8.42 Å². The van der Waals surface area contributed by atoms with E-state index in [1.165, 1.54) is 0 Å². The summed E-state index contributed by atoms with van der Waals surface area (Å²) in [5, 5.41) is 6.42. The van der Waals surface area contributed by atoms with E-state index in [4.69, 9.17) is 0 Å². The summed E-state index contributed by atoms with van der Waals surface area (Å²) in [6, 6.07) is 0.488. The molecule has 1 rings (SSSR count). The topological polar surface area (TPSA) is 82.6 Å². The Hall–Kier alpha value is -0.820. The van der Waals surface area contributed by atoms with Crippen molar-refractivity contribution in [2.24, 2.45) is 10.9 Å². The van der Waals surface area contributed by atoms with Crippen LogP contribution in [0.15, 0.2) is 4.99 Å². The molecule has 7 heteroatoms. The number of hydrogen-bond acceptors (Lipinski definition) is 3. The molecule has 0 amide bonds. The lowest BCUT2D eigenvalue weighted by Gasteiger charge is -2.26. The molecule has 3 N–H and O–H groups in total. The van der Waals surface area contributed by atoms with E-state index >= 15 is 0 Å². The zero-order chi connectivity index (χ0) is 14.0. The van der Waals surface area contributed by atoms with Crippen molar-refractivity contribution in [3.8, 4) is 0 Å². The van der Waals surface area contributed by atoms with Gasteiger partial charge in [-0.1, -0.05) is 6.92 Å². The third-order valence-corrected chi connectivity index (χ3v) is 3.74. The Morgan fingerprint density at radius 1 is 1.44 bits per heavy atom. The van der Waals surface area contributed by atoms with Gasteiger partial charge in [-0.3, -0.25) is 4.99 Å². The summed E-state index contributed by atoms with van der Waals surface area (Å²) in [4.78, 5) is 4.12. The van der Waals surface area contributed by atoms with E-state index in [0.717, 1.165) is 12.7 Å². The lowest BCUT2D eigenvalue weighted by molar-refractivity contribution is 0.446. The van der Waals surface area contributed by atoms with Crippen molar-refractivity contribution in [1.29, 1.82) is 0 Å². The minimum atomic E-state index is -3.21. The zero-order valence-electron chi connectivity index (χ0n) is 11.7. The second kappa shape index (κ2) is 5.44. The molecule has 0 radical (unpaired) electrons. The molecule has 18 heavy (non-hydrogen) atoms. The van der Waals surface area contributed by atoms with Crippen LogP contribution in [0.5, 0.6) is 0 Å². The number of nitrogens with zero attached hydrogens (tertiary/aromatic N) is 1. The van der Waals surface area contributed by atoms with Crippen molar-refractivity contribution < 1.29 is 8.42 Å². The van der Waals surface area contributed by atoms with Gasteiger partial charge in [-0.2, -0.15) is 0 Å². The highest BCUT2D eigenvalue weighted by Crippen LogP contribution is 2.28. The summed E-state index contributed by atoms with van der Waals surface area (Å²) in [5.74, 6) is 1.40. The minimum absolute atomic E-state index is 0.473. The van der Waals surface area contributed by atoms with Crippen LogP contribution in [0.4, 0.5) is 0 Å². The quantitative estimate of drug-likeness (QED) is 0.483. The van der Waals surface area contributed by atoms with E-state index in [-0.39, 0.29) is 0 Å². The Labute approximate surface area is 110 Å². The predicted molar refractivity (Wildman–Crippen MR) is 74.1 cm³/mol. The molecule has 2 unspecified atom stereocenters. The van der Waals surface area contributed by atoms with Crippen molar-refractivity contribution in [3.63, 3.8) is 0 Å². The van der Waals surface area contributed by atoms with Gasteiger partial charge in [0.2, 0.25) is 10.0 Å². The average molecular weight is 276 g/mol. The molecular weight excluding hydrogens is 252 g/mol. The number of rotatable bonds is 5. The van der Waals surface area contributed by atoms with Gasteiger partial charge in [-0.05, 0) is 26.2 Å². The maximum absolute atomic E-state index is 11.2. The molecule has 0 heterocycles. The number of hydrogen-bond donors (Lipinski definition) is 3. The lowest BCUT2D eigenvalue weighted by Crippen LogP contribution is -2.53.